The van der Waals surface area contributed by atoms with Gasteiger partial charge < -0.3 is 18.9 Å². The number of fused-ring (bicyclic) bond motifs is 2. The summed E-state index contributed by atoms with van der Waals surface area (Å²) in [5, 5.41) is 25.0. The number of carbonyl (C=O) groups is 2. The van der Waals surface area contributed by atoms with Crippen LogP contribution in [0.4, 0.5) is 0 Å². The molecule has 4 aromatic rings. The molecule has 4 aliphatic rings. The highest BCUT2D eigenvalue weighted by molar-refractivity contribution is 5.85. The van der Waals surface area contributed by atoms with E-state index in [2.05, 4.69) is 0 Å². The quantitative estimate of drug-likeness (QED) is 0.0675. The van der Waals surface area contributed by atoms with Gasteiger partial charge in [-0.3, -0.25) is 39.6 Å². The van der Waals surface area contributed by atoms with E-state index in [1.807, 2.05) is 145 Å². The number of nitrogens with zero attached hydrogens (tertiary/aromatic N) is 4. The van der Waals surface area contributed by atoms with Gasteiger partial charge in [-0.1, -0.05) is 120 Å². The number of carbonyl (C=O) groups excluding carboxylic acids is 2. The van der Waals surface area contributed by atoms with Gasteiger partial charge in [-0.05, 0) is 76.6 Å². The van der Waals surface area contributed by atoms with Crippen LogP contribution in [0.15, 0.2) is 109 Å². The molecule has 4 heterocycles. The number of hydrogen-bond donors (Lipinski definition) is 0. The normalized spacial score (nSPS) is 26.9. The monoisotopic (exact) mass is 900 g/mol. The fraction of sp³-hybridized carbons (Fsp3) is 0.423. The SMILES string of the molecule is CCOC(=O)[C@]12CCCN1[C@@H](/C=C/c1ccccc1OC)[C@@H]([N+](=O)[O-])[C@@H]2c1ccc(C)cc1.CCOC(=O)[C@]12CCCN1[C@@H](/C=C/c1ccccc1OC)[C@@H]([N+](=O)[O-])[C@@H]2c1ccc(C)cc1. The molecule has 4 saturated heterocycles. The molecule has 0 spiro atoms. The summed E-state index contributed by atoms with van der Waals surface area (Å²) in [6.45, 7) is 9.18. The van der Waals surface area contributed by atoms with E-state index in [9.17, 15) is 29.8 Å². The first-order valence-electron chi connectivity index (χ1n) is 22.8. The summed E-state index contributed by atoms with van der Waals surface area (Å²) in [7, 11) is 3.20. The van der Waals surface area contributed by atoms with E-state index in [0.29, 0.717) is 37.4 Å². The van der Waals surface area contributed by atoms with E-state index in [1.54, 1.807) is 28.1 Å². The molecule has 0 amide bonds. The molecule has 348 valence electrons. The summed E-state index contributed by atoms with van der Waals surface area (Å²) >= 11 is 0. The fourth-order valence-electron chi connectivity index (χ4n) is 11.2. The van der Waals surface area contributed by atoms with Gasteiger partial charge in [0.15, 0.2) is 0 Å². The minimum atomic E-state index is -1.06. The van der Waals surface area contributed by atoms with Gasteiger partial charge in [0, 0.05) is 34.1 Å². The Labute approximate surface area is 386 Å². The topological polar surface area (TPSA) is 164 Å². The van der Waals surface area contributed by atoms with Crippen LogP contribution in [-0.2, 0) is 19.1 Å². The minimum Gasteiger partial charge on any atom is -0.496 e. The lowest BCUT2D eigenvalue weighted by atomic mass is 9.76. The van der Waals surface area contributed by atoms with Gasteiger partial charge in [0.25, 0.3) is 0 Å². The summed E-state index contributed by atoms with van der Waals surface area (Å²) in [6.07, 6.45) is 10.1. The van der Waals surface area contributed by atoms with Crippen molar-refractivity contribution in [2.45, 2.75) is 100 Å². The number of para-hydroxylation sites is 2. The van der Waals surface area contributed by atoms with Crippen molar-refractivity contribution in [2.75, 3.05) is 40.5 Å². The molecule has 0 N–H and O–H groups in total. The highest BCUT2D eigenvalue weighted by Gasteiger charge is 2.71. The second-order valence-electron chi connectivity index (χ2n) is 17.4. The molecular formula is C52H60N4O10. The highest BCUT2D eigenvalue weighted by Crippen LogP contribution is 2.55. The van der Waals surface area contributed by atoms with Crippen LogP contribution < -0.4 is 9.47 Å². The number of aryl methyl sites for hydroxylation is 2. The average molecular weight is 901 g/mol. The summed E-state index contributed by atoms with van der Waals surface area (Å²) in [4.78, 5) is 55.5. The van der Waals surface area contributed by atoms with Gasteiger partial charge in [0.1, 0.15) is 22.6 Å². The van der Waals surface area contributed by atoms with Crippen LogP contribution in [0.2, 0.25) is 0 Å². The largest absolute Gasteiger partial charge is 0.496 e. The Morgan fingerprint density at radius 1 is 0.621 bits per heavy atom. The van der Waals surface area contributed by atoms with Gasteiger partial charge in [0.2, 0.25) is 12.1 Å². The maximum absolute atomic E-state index is 13.5. The second kappa shape index (κ2) is 20.4. The Bertz CT molecular complexity index is 2270. The first-order valence-corrected chi connectivity index (χ1v) is 22.8. The van der Waals surface area contributed by atoms with Crippen molar-refractivity contribution >= 4 is 24.1 Å². The van der Waals surface area contributed by atoms with E-state index in [0.717, 1.165) is 46.2 Å². The van der Waals surface area contributed by atoms with Crippen molar-refractivity contribution in [3.8, 4) is 11.5 Å². The average Bonchev–Trinajstić information content (AvgIpc) is 4.08. The third kappa shape index (κ3) is 8.71. The molecule has 66 heavy (non-hydrogen) atoms. The standard InChI is InChI=1S/2C26H30N2O5/c2*1-4-33-25(29)26-16-7-17-27(26)21(15-14-19-8-5-6-9-22(19)32-3)24(28(30)31)23(26)20-12-10-18(2)11-13-20/h2*5-6,8-15,21,23-24H,4,7,16-17H2,1-3H3/b2*15-14+/t2*21-,23-,24+,26+/m00/s1. The van der Waals surface area contributed by atoms with E-state index in [-0.39, 0.29) is 35.0 Å². The number of nitro groups is 2. The number of methoxy groups -OCH3 is 2. The molecule has 0 bridgehead atoms. The molecule has 14 nitrogen and oxygen atoms in total. The lowest BCUT2D eigenvalue weighted by molar-refractivity contribution is -0.526. The second-order valence-corrected chi connectivity index (χ2v) is 17.4. The molecular weight excluding hydrogens is 841 g/mol. The number of rotatable bonds is 14. The summed E-state index contributed by atoms with van der Waals surface area (Å²) < 4.78 is 21.9. The fourth-order valence-corrected chi connectivity index (χ4v) is 11.2. The summed E-state index contributed by atoms with van der Waals surface area (Å²) in [5.41, 5.74) is 3.29. The van der Waals surface area contributed by atoms with Crippen molar-refractivity contribution in [3.05, 3.63) is 163 Å². The third-order valence-electron chi connectivity index (χ3n) is 13.9. The van der Waals surface area contributed by atoms with Crippen LogP contribution in [0, 0.1) is 34.1 Å². The lowest BCUT2D eigenvalue weighted by Crippen LogP contribution is -2.52. The predicted molar refractivity (Wildman–Crippen MR) is 252 cm³/mol. The van der Waals surface area contributed by atoms with Gasteiger partial charge in [-0.2, -0.15) is 0 Å². The van der Waals surface area contributed by atoms with Crippen molar-refractivity contribution in [1.29, 1.82) is 0 Å². The molecule has 14 heteroatoms. The number of esters is 2. The summed E-state index contributed by atoms with van der Waals surface area (Å²) in [6, 6.07) is 27.5. The van der Waals surface area contributed by atoms with Crippen LogP contribution in [0.5, 0.6) is 11.5 Å². The van der Waals surface area contributed by atoms with Gasteiger partial charge in [-0.15, -0.1) is 0 Å². The van der Waals surface area contributed by atoms with Crippen LogP contribution in [0.3, 0.4) is 0 Å². The Balaban J connectivity index is 0.000000196. The molecule has 8 atom stereocenters. The van der Waals surface area contributed by atoms with Crippen molar-refractivity contribution < 1.29 is 38.4 Å². The minimum absolute atomic E-state index is 0.221. The first kappa shape index (κ1) is 47.6. The molecule has 0 radical (unpaired) electrons. The predicted octanol–water partition coefficient (Wildman–Crippen LogP) is 8.45. The van der Waals surface area contributed by atoms with Crippen LogP contribution >= 0.6 is 0 Å². The van der Waals surface area contributed by atoms with Crippen LogP contribution in [0.1, 0.15) is 84.7 Å². The zero-order chi connectivity index (χ0) is 47.2. The lowest BCUT2D eigenvalue weighted by Gasteiger charge is -2.34. The van der Waals surface area contributed by atoms with Gasteiger partial charge in [-0.25, -0.2) is 0 Å². The maximum Gasteiger partial charge on any atom is 0.327 e. The van der Waals surface area contributed by atoms with Crippen molar-refractivity contribution in [1.82, 2.24) is 9.80 Å². The first-order chi connectivity index (χ1) is 31.9. The molecule has 4 aromatic carbocycles. The Morgan fingerprint density at radius 2 is 0.985 bits per heavy atom. The van der Waals surface area contributed by atoms with Crippen LogP contribution in [0.25, 0.3) is 12.2 Å². The molecule has 4 fully saturated rings. The zero-order valence-electron chi connectivity index (χ0n) is 38.5. The van der Waals surface area contributed by atoms with Crippen LogP contribution in [-0.4, -0.2) is 107 Å². The smallest absolute Gasteiger partial charge is 0.327 e. The van der Waals surface area contributed by atoms with Gasteiger partial charge in [0.05, 0.1) is 51.4 Å². The van der Waals surface area contributed by atoms with E-state index in [4.69, 9.17) is 18.9 Å². The Hall–Kier alpha value is -6.38. The maximum atomic E-state index is 13.5. The van der Waals surface area contributed by atoms with E-state index < -0.39 is 47.1 Å². The number of hydrogen-bond acceptors (Lipinski definition) is 12. The van der Waals surface area contributed by atoms with Crippen molar-refractivity contribution in [2.24, 2.45) is 0 Å². The Morgan fingerprint density at radius 3 is 1.32 bits per heavy atom. The Kier molecular flexibility index (Phi) is 14.7. The molecule has 0 aromatic heterocycles. The third-order valence-corrected chi connectivity index (χ3v) is 13.9. The molecule has 4 aliphatic heterocycles. The number of ether oxygens (including phenoxy) is 4. The summed E-state index contributed by atoms with van der Waals surface area (Å²) in [5.74, 6) is -0.569. The zero-order valence-corrected chi connectivity index (χ0v) is 38.5. The van der Waals surface area contributed by atoms with Gasteiger partial charge >= 0.3 is 11.9 Å². The highest BCUT2D eigenvalue weighted by atomic mass is 16.6. The molecule has 0 unspecified atom stereocenters. The number of benzene rings is 4. The molecule has 0 saturated carbocycles. The van der Waals surface area contributed by atoms with Crippen molar-refractivity contribution in [3.63, 3.8) is 0 Å². The molecule has 0 aliphatic carbocycles. The van der Waals surface area contributed by atoms with E-state index in [1.165, 1.54) is 0 Å². The van der Waals surface area contributed by atoms with E-state index >= 15 is 0 Å². The molecule has 8 rings (SSSR count).